The van der Waals surface area contributed by atoms with E-state index < -0.39 is 0 Å². The highest BCUT2D eigenvalue weighted by Gasteiger charge is 2.28. The molecule has 3 aromatic carbocycles. The number of halogens is 1. The topological polar surface area (TPSA) is 111 Å². The maximum absolute atomic E-state index is 14.0. The van der Waals surface area contributed by atoms with Gasteiger partial charge < -0.3 is 24.4 Å². The third-order valence-electron chi connectivity index (χ3n) is 6.57. The Morgan fingerprint density at radius 1 is 1.08 bits per heavy atom. The van der Waals surface area contributed by atoms with Gasteiger partial charge in [0.05, 0.1) is 39.2 Å². The van der Waals surface area contributed by atoms with Crippen LogP contribution in [0.4, 0.5) is 4.39 Å². The number of ether oxygens (including phenoxy) is 3. The summed E-state index contributed by atoms with van der Waals surface area (Å²) >= 11 is 0. The van der Waals surface area contributed by atoms with Crippen molar-refractivity contribution in [3.8, 4) is 28.4 Å². The number of hydrogen-bond donors (Lipinski definition) is 3. The fourth-order valence-corrected chi connectivity index (χ4v) is 4.61. The third kappa shape index (κ3) is 5.95. The number of carbonyl (C=O) groups excluding carboxylic acids is 1. The molecule has 10 heteroatoms. The van der Waals surface area contributed by atoms with Gasteiger partial charge in [-0.25, -0.2) is 4.39 Å². The Kier molecular flexibility index (Phi) is 8.33. The molecule has 1 aliphatic heterocycles. The highest BCUT2D eigenvalue weighted by molar-refractivity contribution is 6.00. The summed E-state index contributed by atoms with van der Waals surface area (Å²) in [4.78, 5) is 17.1. The average Bonchev–Trinajstić information content (AvgIpc) is 3.09. The summed E-state index contributed by atoms with van der Waals surface area (Å²) in [6, 6.07) is 13.6. The molecule has 0 unspecified atom stereocenters. The van der Waals surface area contributed by atoms with Crippen LogP contribution in [0.2, 0.25) is 0 Å². The maximum Gasteiger partial charge on any atom is 0.258 e. The van der Waals surface area contributed by atoms with E-state index in [1.54, 1.807) is 51.3 Å². The van der Waals surface area contributed by atoms with Crippen molar-refractivity contribution in [2.75, 3.05) is 34.4 Å². The fourth-order valence-electron chi connectivity index (χ4n) is 4.61. The highest BCUT2D eigenvalue weighted by atomic mass is 19.1. The zero-order valence-electron chi connectivity index (χ0n) is 22.4. The lowest BCUT2D eigenvalue weighted by molar-refractivity contribution is 0.0742. The van der Waals surface area contributed by atoms with E-state index in [2.05, 4.69) is 5.32 Å². The number of amides is 1. The van der Waals surface area contributed by atoms with Gasteiger partial charge >= 0.3 is 0 Å². The summed E-state index contributed by atoms with van der Waals surface area (Å²) in [6.07, 6.45) is 1.05. The predicted molar refractivity (Wildman–Crippen MR) is 147 cm³/mol. The van der Waals surface area contributed by atoms with Crippen LogP contribution in [0.25, 0.3) is 11.1 Å². The van der Waals surface area contributed by atoms with E-state index >= 15 is 0 Å². The van der Waals surface area contributed by atoms with Crippen molar-refractivity contribution in [3.63, 3.8) is 0 Å². The van der Waals surface area contributed by atoms with Gasteiger partial charge in [0.25, 0.3) is 5.91 Å². The lowest BCUT2D eigenvalue weighted by Crippen LogP contribution is -2.37. The van der Waals surface area contributed by atoms with Crippen molar-refractivity contribution in [1.29, 1.82) is 10.8 Å². The molecule has 0 radical (unpaired) electrons. The molecule has 3 N–H and O–H groups in total. The van der Waals surface area contributed by atoms with Crippen LogP contribution in [0.5, 0.6) is 17.2 Å². The molecule has 0 spiro atoms. The van der Waals surface area contributed by atoms with Crippen LogP contribution in [0, 0.1) is 23.6 Å². The zero-order valence-corrected chi connectivity index (χ0v) is 22.4. The molecule has 1 aliphatic rings. The van der Waals surface area contributed by atoms with Crippen molar-refractivity contribution in [2.24, 2.45) is 0 Å². The zero-order chi connectivity index (χ0) is 28.1. The number of guanidine groups is 1. The number of nitrogens with one attached hydrogen (secondary N) is 3. The summed E-state index contributed by atoms with van der Waals surface area (Å²) in [5.41, 5.74) is 3.97. The van der Waals surface area contributed by atoms with Gasteiger partial charge in [-0.3, -0.25) is 20.5 Å². The Labute approximate surface area is 227 Å². The van der Waals surface area contributed by atoms with Crippen LogP contribution in [-0.2, 0) is 13.1 Å². The third-order valence-corrected chi connectivity index (χ3v) is 6.57. The predicted octanol–water partition coefficient (Wildman–Crippen LogP) is 4.42. The molecule has 204 valence electrons. The second-order valence-electron chi connectivity index (χ2n) is 9.13. The lowest BCUT2D eigenvalue weighted by Gasteiger charge is -2.23. The summed E-state index contributed by atoms with van der Waals surface area (Å²) < 4.78 is 30.9. The van der Waals surface area contributed by atoms with Gasteiger partial charge in [0, 0.05) is 25.2 Å². The van der Waals surface area contributed by atoms with Gasteiger partial charge in [0.15, 0.2) is 5.96 Å². The van der Waals surface area contributed by atoms with Gasteiger partial charge in [-0.05, 0) is 65.6 Å². The Morgan fingerprint density at radius 2 is 1.77 bits per heavy atom. The minimum Gasteiger partial charge on any atom is -0.497 e. The molecule has 0 saturated heterocycles. The van der Waals surface area contributed by atoms with Crippen molar-refractivity contribution < 1.29 is 23.4 Å². The molecular weight excluding hydrogens is 501 g/mol. The molecule has 4 rings (SSSR count). The number of carbonyl (C=O) groups is 1. The van der Waals surface area contributed by atoms with Gasteiger partial charge in [-0.1, -0.05) is 6.07 Å². The molecule has 0 fully saturated rings. The van der Waals surface area contributed by atoms with Crippen LogP contribution in [0.15, 0.2) is 48.5 Å². The van der Waals surface area contributed by atoms with Gasteiger partial charge in [0.1, 0.15) is 29.7 Å². The number of fused-ring (bicyclic) bond motifs is 1. The second kappa shape index (κ2) is 11.8. The Bertz CT molecular complexity index is 1390. The van der Waals surface area contributed by atoms with Crippen LogP contribution in [-0.4, -0.2) is 62.4 Å². The largest absolute Gasteiger partial charge is 0.497 e. The van der Waals surface area contributed by atoms with Crippen molar-refractivity contribution >= 4 is 18.2 Å². The summed E-state index contributed by atoms with van der Waals surface area (Å²) in [7, 11) is 4.75. The first-order valence-electron chi connectivity index (χ1n) is 12.4. The molecule has 3 aromatic rings. The minimum absolute atomic E-state index is 0.0376. The molecule has 0 aliphatic carbocycles. The molecule has 0 atom stereocenters. The van der Waals surface area contributed by atoms with Crippen LogP contribution >= 0.6 is 0 Å². The first-order valence-corrected chi connectivity index (χ1v) is 12.4. The number of rotatable bonds is 8. The summed E-state index contributed by atoms with van der Waals surface area (Å²) in [6.45, 7) is 2.90. The molecule has 1 amide bonds. The first-order chi connectivity index (χ1) is 18.8. The second-order valence-corrected chi connectivity index (χ2v) is 9.13. The highest BCUT2D eigenvalue weighted by Crippen LogP contribution is 2.39. The van der Waals surface area contributed by atoms with E-state index in [9.17, 15) is 9.18 Å². The van der Waals surface area contributed by atoms with Crippen molar-refractivity contribution in [2.45, 2.75) is 20.0 Å². The Morgan fingerprint density at radius 3 is 2.38 bits per heavy atom. The Hall–Kier alpha value is -4.60. The van der Waals surface area contributed by atoms with E-state index in [-0.39, 0.29) is 30.8 Å². The van der Waals surface area contributed by atoms with E-state index in [1.807, 2.05) is 18.2 Å². The lowest BCUT2D eigenvalue weighted by atomic mass is 9.94. The van der Waals surface area contributed by atoms with Gasteiger partial charge in [0.2, 0.25) is 0 Å². The first kappa shape index (κ1) is 27.4. The molecule has 0 saturated carbocycles. The van der Waals surface area contributed by atoms with Gasteiger partial charge in [-0.2, -0.15) is 0 Å². The monoisotopic (exact) mass is 533 g/mol. The quantitative estimate of drug-likeness (QED) is 0.292. The summed E-state index contributed by atoms with van der Waals surface area (Å²) in [5, 5.41) is 18.6. The fraction of sp³-hybridized carbons (Fsp3) is 0.276. The normalized spacial score (nSPS) is 12.6. The number of hydrogen-bond acceptors (Lipinski definition) is 6. The van der Waals surface area contributed by atoms with Gasteiger partial charge in [-0.15, -0.1) is 0 Å². The van der Waals surface area contributed by atoms with Crippen LogP contribution in [0.3, 0.4) is 0 Å². The molecule has 0 bridgehead atoms. The molecular formula is C29H32FN5O4. The van der Waals surface area contributed by atoms with Crippen molar-refractivity contribution in [3.05, 3.63) is 76.6 Å². The molecule has 39 heavy (non-hydrogen) atoms. The van der Waals surface area contributed by atoms with Crippen LogP contribution < -0.4 is 19.5 Å². The smallest absolute Gasteiger partial charge is 0.258 e. The summed E-state index contributed by atoms with van der Waals surface area (Å²) in [5.74, 6) is 1.13. The number of nitrogens with zero attached hydrogens (tertiary/aromatic N) is 2. The molecule has 9 nitrogen and oxygen atoms in total. The van der Waals surface area contributed by atoms with E-state index in [0.717, 1.165) is 17.5 Å². The van der Waals surface area contributed by atoms with E-state index in [1.165, 1.54) is 17.0 Å². The average molecular weight is 534 g/mol. The Balaban J connectivity index is 1.80. The molecule has 1 heterocycles. The van der Waals surface area contributed by atoms with Crippen molar-refractivity contribution in [1.82, 2.24) is 15.1 Å². The molecule has 0 aromatic heterocycles. The van der Waals surface area contributed by atoms with E-state index in [4.69, 9.17) is 25.0 Å². The standard InChI is InChI=1S/C29H32FN5O4/c1-18-9-21(30)5-6-24(18)25-12-20(16-35(17-31)29(32)33-2)13-26-27(25)39-8-7-34(28(26)36)15-19-10-22(37-3)14-23(11-19)38-4/h5-6,9-14,17,31H,7-8,15-16H2,1-4H3,(H2,32,33). The SMILES string of the molecule is CNC(=N)N(C=N)Cc1cc2c(c(-c3ccc(F)cc3C)c1)OCCN(Cc1cc(OC)cc(OC)c1)C2=O. The minimum atomic E-state index is -0.354. The van der Waals surface area contributed by atoms with E-state index in [0.29, 0.717) is 52.6 Å². The number of benzene rings is 3. The number of aryl methyl sites for hydroxylation is 1. The van der Waals surface area contributed by atoms with Crippen LogP contribution in [0.1, 0.15) is 27.0 Å². The number of methoxy groups -OCH3 is 2. The maximum atomic E-state index is 14.0.